The van der Waals surface area contributed by atoms with Crippen molar-refractivity contribution in [3.05, 3.63) is 28.2 Å². The highest BCUT2D eigenvalue weighted by atomic mass is 79.9. The monoisotopic (exact) mass is 326 g/mol. The number of methoxy groups -OCH3 is 1. The number of hydrogen-bond acceptors (Lipinski definition) is 3. The van der Waals surface area contributed by atoms with Gasteiger partial charge >= 0.3 is 5.97 Å². The molecule has 0 saturated carbocycles. The molecule has 0 spiro atoms. The molecule has 1 aromatic rings. The molecule has 16 heavy (non-hydrogen) atoms. The van der Waals surface area contributed by atoms with Gasteiger partial charge in [0.25, 0.3) is 0 Å². The number of rotatable bonds is 4. The van der Waals surface area contributed by atoms with Gasteiger partial charge in [-0.15, -0.1) is 0 Å². The number of benzene rings is 1. The molecule has 0 bridgehead atoms. The van der Waals surface area contributed by atoms with Gasteiger partial charge in [-0.1, -0.05) is 39.1 Å². The minimum absolute atomic E-state index is 0.133. The largest absolute Gasteiger partial charge is 0.490 e. The average Bonchev–Trinajstić information content (AvgIpc) is 2.26. The van der Waals surface area contributed by atoms with Gasteiger partial charge in [0.1, 0.15) is 17.2 Å². The van der Waals surface area contributed by atoms with Gasteiger partial charge in [-0.2, -0.15) is 0 Å². The zero-order valence-corrected chi connectivity index (χ0v) is 11.5. The van der Waals surface area contributed by atoms with Gasteiger partial charge in [-0.25, -0.2) is 0 Å². The van der Waals surface area contributed by atoms with Crippen LogP contribution < -0.4 is 4.74 Å². The van der Waals surface area contributed by atoms with E-state index in [2.05, 4.69) is 20.7 Å². The molecule has 0 N–H and O–H groups in total. The smallest absolute Gasteiger partial charge is 0.322 e. The van der Waals surface area contributed by atoms with Crippen molar-refractivity contribution in [2.45, 2.75) is 4.83 Å². The van der Waals surface area contributed by atoms with Crippen LogP contribution in [0.15, 0.2) is 18.2 Å². The van der Waals surface area contributed by atoms with Crippen LogP contribution >= 0.6 is 39.1 Å². The highest BCUT2D eigenvalue weighted by Crippen LogP contribution is 2.27. The van der Waals surface area contributed by atoms with E-state index in [1.807, 2.05) is 0 Å². The number of esters is 1. The summed E-state index contributed by atoms with van der Waals surface area (Å²) in [5.41, 5.74) is 0. The first kappa shape index (κ1) is 13.6. The zero-order valence-electron chi connectivity index (χ0n) is 8.38. The number of alkyl halides is 1. The van der Waals surface area contributed by atoms with E-state index in [4.69, 9.17) is 27.9 Å². The lowest BCUT2D eigenvalue weighted by molar-refractivity contribution is -0.140. The first-order valence-corrected chi connectivity index (χ1v) is 6.01. The van der Waals surface area contributed by atoms with Gasteiger partial charge in [0.2, 0.25) is 0 Å². The zero-order chi connectivity index (χ0) is 12.1. The first-order chi connectivity index (χ1) is 7.54. The third-order valence-corrected chi connectivity index (χ3v) is 2.90. The molecule has 1 unspecified atom stereocenters. The summed E-state index contributed by atoms with van der Waals surface area (Å²) in [6.07, 6.45) is 0. The van der Waals surface area contributed by atoms with E-state index in [9.17, 15) is 4.79 Å². The van der Waals surface area contributed by atoms with E-state index in [0.717, 1.165) is 0 Å². The molecule has 0 amide bonds. The number of halogens is 3. The standard InChI is InChI=1S/C10H9BrCl2O3/c1-15-10(14)7(11)5-16-9-3-2-6(12)4-8(9)13/h2-4,7H,5H2,1H3. The molecule has 1 aromatic carbocycles. The second-order valence-corrected chi connectivity index (χ2v) is 4.83. The Morgan fingerprint density at radius 1 is 1.50 bits per heavy atom. The van der Waals surface area contributed by atoms with Crippen molar-refractivity contribution in [2.75, 3.05) is 13.7 Å². The van der Waals surface area contributed by atoms with E-state index in [1.165, 1.54) is 7.11 Å². The Kier molecular flexibility index (Phi) is 5.38. The molecular weight excluding hydrogens is 319 g/mol. The maximum absolute atomic E-state index is 11.1. The van der Waals surface area contributed by atoms with Crippen molar-refractivity contribution < 1.29 is 14.3 Å². The molecule has 0 aliphatic heterocycles. The van der Waals surface area contributed by atoms with Crippen molar-refractivity contribution in [3.8, 4) is 5.75 Å². The van der Waals surface area contributed by atoms with Crippen LogP contribution in [0.5, 0.6) is 5.75 Å². The molecule has 0 radical (unpaired) electrons. The van der Waals surface area contributed by atoms with Crippen LogP contribution in [0.25, 0.3) is 0 Å². The maximum atomic E-state index is 11.1. The van der Waals surface area contributed by atoms with E-state index < -0.39 is 10.8 Å². The molecule has 0 aliphatic carbocycles. The van der Waals surface area contributed by atoms with Crippen LogP contribution in [-0.2, 0) is 9.53 Å². The molecule has 0 aliphatic rings. The fourth-order valence-electron chi connectivity index (χ4n) is 0.951. The average molecular weight is 328 g/mol. The Bertz CT molecular complexity index is 384. The van der Waals surface area contributed by atoms with Gasteiger partial charge < -0.3 is 9.47 Å². The van der Waals surface area contributed by atoms with Crippen molar-refractivity contribution in [1.82, 2.24) is 0 Å². The summed E-state index contributed by atoms with van der Waals surface area (Å²) in [6.45, 7) is 0.133. The second-order valence-electron chi connectivity index (χ2n) is 2.88. The number of hydrogen-bond donors (Lipinski definition) is 0. The highest BCUT2D eigenvalue weighted by Gasteiger charge is 2.16. The summed E-state index contributed by atoms with van der Waals surface area (Å²) in [5.74, 6) is 0.0736. The SMILES string of the molecule is COC(=O)C(Br)COc1ccc(Cl)cc1Cl. The minimum atomic E-state index is -0.524. The van der Waals surface area contributed by atoms with Gasteiger partial charge in [0.05, 0.1) is 12.1 Å². The van der Waals surface area contributed by atoms with Crippen molar-refractivity contribution >= 4 is 45.1 Å². The molecule has 0 heterocycles. The van der Waals surface area contributed by atoms with Gasteiger partial charge in [-0.05, 0) is 18.2 Å². The first-order valence-electron chi connectivity index (χ1n) is 4.34. The normalized spacial score (nSPS) is 12.0. The Balaban J connectivity index is 2.58. The summed E-state index contributed by atoms with van der Waals surface area (Å²) < 4.78 is 9.87. The molecule has 3 nitrogen and oxygen atoms in total. The summed E-state index contributed by atoms with van der Waals surface area (Å²) >= 11 is 14.7. The summed E-state index contributed by atoms with van der Waals surface area (Å²) in [5, 5.41) is 0.928. The van der Waals surface area contributed by atoms with Gasteiger partial charge in [0.15, 0.2) is 0 Å². The van der Waals surface area contributed by atoms with E-state index >= 15 is 0 Å². The Labute approximate surface area is 112 Å². The van der Waals surface area contributed by atoms with Crippen LogP contribution in [-0.4, -0.2) is 24.5 Å². The second kappa shape index (κ2) is 6.33. The minimum Gasteiger partial charge on any atom is -0.490 e. The number of carbonyl (C=O) groups excluding carboxylic acids is 1. The molecule has 88 valence electrons. The fraction of sp³-hybridized carbons (Fsp3) is 0.300. The molecule has 1 rings (SSSR count). The van der Waals surface area contributed by atoms with Crippen LogP contribution in [0, 0.1) is 0 Å². The predicted molar refractivity (Wildman–Crippen MR) is 66.7 cm³/mol. The lowest BCUT2D eigenvalue weighted by Crippen LogP contribution is -2.22. The van der Waals surface area contributed by atoms with Crippen LogP contribution in [0.4, 0.5) is 0 Å². The molecule has 0 aromatic heterocycles. The van der Waals surface area contributed by atoms with Crippen molar-refractivity contribution in [3.63, 3.8) is 0 Å². The summed E-state index contributed by atoms with van der Waals surface area (Å²) in [4.78, 5) is 10.5. The van der Waals surface area contributed by atoms with Crippen LogP contribution in [0.1, 0.15) is 0 Å². The lowest BCUT2D eigenvalue weighted by atomic mass is 10.3. The van der Waals surface area contributed by atoms with Crippen LogP contribution in [0.3, 0.4) is 0 Å². The van der Waals surface area contributed by atoms with Crippen LogP contribution in [0.2, 0.25) is 10.0 Å². The molecule has 0 fully saturated rings. The quantitative estimate of drug-likeness (QED) is 0.628. The third kappa shape index (κ3) is 3.85. The predicted octanol–water partition coefficient (Wildman–Crippen LogP) is 3.31. The molecule has 0 saturated heterocycles. The van der Waals surface area contributed by atoms with Gasteiger partial charge in [-0.3, -0.25) is 4.79 Å². The molecule has 1 atom stereocenters. The Morgan fingerprint density at radius 2 is 2.19 bits per heavy atom. The topological polar surface area (TPSA) is 35.5 Å². The third-order valence-electron chi connectivity index (χ3n) is 1.74. The maximum Gasteiger partial charge on any atom is 0.322 e. The molecule has 6 heteroatoms. The molecular formula is C10H9BrCl2O3. The highest BCUT2D eigenvalue weighted by molar-refractivity contribution is 9.10. The van der Waals surface area contributed by atoms with E-state index in [1.54, 1.807) is 18.2 Å². The van der Waals surface area contributed by atoms with E-state index in [0.29, 0.717) is 15.8 Å². The summed E-state index contributed by atoms with van der Waals surface area (Å²) in [6, 6.07) is 4.87. The number of ether oxygens (including phenoxy) is 2. The van der Waals surface area contributed by atoms with Crippen molar-refractivity contribution in [1.29, 1.82) is 0 Å². The van der Waals surface area contributed by atoms with Gasteiger partial charge in [0, 0.05) is 5.02 Å². The lowest BCUT2D eigenvalue weighted by Gasteiger charge is -2.11. The van der Waals surface area contributed by atoms with E-state index in [-0.39, 0.29) is 6.61 Å². The van der Waals surface area contributed by atoms with Crippen molar-refractivity contribution in [2.24, 2.45) is 0 Å². The summed E-state index contributed by atoms with van der Waals surface area (Å²) in [7, 11) is 1.31. The fourth-order valence-corrected chi connectivity index (χ4v) is 1.73. The number of carbonyl (C=O) groups is 1. The Hall–Kier alpha value is -0.450. The Morgan fingerprint density at radius 3 is 2.75 bits per heavy atom.